The Morgan fingerprint density at radius 2 is 2.00 bits per heavy atom. The van der Waals surface area contributed by atoms with Gasteiger partial charge in [-0.2, -0.15) is 13.2 Å². The number of para-hydroxylation sites is 1. The number of benzene rings is 1. The van der Waals surface area contributed by atoms with Gasteiger partial charge in [-0.15, -0.1) is 0 Å². The second-order valence-corrected chi connectivity index (χ2v) is 7.24. The molecule has 4 rings (SSSR count). The third-order valence-electron chi connectivity index (χ3n) is 5.29. The molecule has 2 aliphatic rings. The van der Waals surface area contributed by atoms with E-state index >= 15 is 0 Å². The first-order valence-electron chi connectivity index (χ1n) is 9.91. The number of pyridine rings is 1. The molecule has 1 aliphatic heterocycles. The third-order valence-corrected chi connectivity index (χ3v) is 5.29. The Bertz CT molecular complexity index is 862. The van der Waals surface area contributed by atoms with Crippen LogP contribution >= 0.6 is 0 Å². The lowest BCUT2D eigenvalue weighted by Gasteiger charge is -2.38. The molecular weight excluding hydrogens is 401 g/mol. The Kier molecular flexibility index (Phi) is 7.27. The summed E-state index contributed by atoms with van der Waals surface area (Å²) in [6.07, 6.45) is -2.34. The van der Waals surface area contributed by atoms with E-state index in [1.54, 1.807) is 0 Å². The number of halogens is 3. The lowest BCUT2D eigenvalue weighted by molar-refractivity contribution is -0.192. The van der Waals surface area contributed by atoms with E-state index in [0.717, 1.165) is 50.4 Å². The molecule has 1 aromatic heterocycles. The number of hydrogen-bond acceptors (Lipinski definition) is 5. The fourth-order valence-electron chi connectivity index (χ4n) is 3.98. The van der Waals surface area contributed by atoms with Crippen LogP contribution in [0.25, 0.3) is 10.9 Å². The van der Waals surface area contributed by atoms with Gasteiger partial charge in [0, 0.05) is 31.1 Å². The van der Waals surface area contributed by atoms with Gasteiger partial charge in [0.05, 0.1) is 30.0 Å². The summed E-state index contributed by atoms with van der Waals surface area (Å²) >= 11 is 0. The number of fused-ring (bicyclic) bond motifs is 2. The minimum absolute atomic E-state index is 0.226. The smallest absolute Gasteiger partial charge is 0.475 e. The molecule has 1 aromatic carbocycles. The van der Waals surface area contributed by atoms with E-state index in [1.807, 2.05) is 6.07 Å². The highest BCUT2D eigenvalue weighted by molar-refractivity contribution is 5.78. The number of hydrogen-bond donors (Lipinski definition) is 1. The van der Waals surface area contributed by atoms with E-state index in [1.165, 1.54) is 5.39 Å². The van der Waals surface area contributed by atoms with Gasteiger partial charge in [0.2, 0.25) is 0 Å². The van der Waals surface area contributed by atoms with E-state index in [4.69, 9.17) is 24.4 Å². The molecule has 2 fully saturated rings. The summed E-state index contributed by atoms with van der Waals surface area (Å²) in [6, 6.07) is 13.1. The minimum Gasteiger partial charge on any atom is -0.475 e. The number of alkyl halides is 3. The van der Waals surface area contributed by atoms with Crippen LogP contribution in [0.4, 0.5) is 13.2 Å². The first-order chi connectivity index (χ1) is 14.3. The van der Waals surface area contributed by atoms with Gasteiger partial charge < -0.3 is 14.6 Å². The summed E-state index contributed by atoms with van der Waals surface area (Å²) in [4.78, 5) is 16.3. The van der Waals surface area contributed by atoms with E-state index in [9.17, 15) is 13.2 Å². The van der Waals surface area contributed by atoms with Crippen LogP contribution in [0, 0.1) is 0 Å². The van der Waals surface area contributed by atoms with E-state index in [0.29, 0.717) is 6.04 Å². The standard InChI is InChI=1S/C19H24N2O2.C2HF3O2/c1-2-22-18-10-9-17-19(18)23-12-11-21(17)13-15-8-7-14-5-3-4-6-16(14)20-15;3-2(4,5)1(6)7/h3-8,17-19H,2,9-13H2,1H3;(H,6,7)/t17-,18-,19+;/m0./s1. The fourth-order valence-corrected chi connectivity index (χ4v) is 3.98. The number of aromatic nitrogens is 1. The highest BCUT2D eigenvalue weighted by atomic mass is 19.4. The number of morpholine rings is 1. The van der Waals surface area contributed by atoms with E-state index in [-0.39, 0.29) is 12.2 Å². The average molecular weight is 426 g/mol. The molecule has 0 radical (unpaired) electrons. The molecule has 164 valence electrons. The Balaban J connectivity index is 0.000000318. The maximum Gasteiger partial charge on any atom is 0.490 e. The number of rotatable bonds is 4. The monoisotopic (exact) mass is 426 g/mol. The largest absolute Gasteiger partial charge is 0.490 e. The summed E-state index contributed by atoms with van der Waals surface area (Å²) in [5, 5.41) is 8.33. The molecule has 0 unspecified atom stereocenters. The minimum atomic E-state index is -5.08. The average Bonchev–Trinajstić information content (AvgIpc) is 3.12. The second kappa shape index (κ2) is 9.72. The van der Waals surface area contributed by atoms with Gasteiger partial charge in [-0.25, -0.2) is 4.79 Å². The predicted octanol–water partition coefficient (Wildman–Crippen LogP) is 3.64. The number of carboxylic acid groups (broad SMARTS) is 1. The van der Waals surface area contributed by atoms with Gasteiger partial charge in [-0.05, 0) is 31.9 Å². The van der Waals surface area contributed by atoms with Crippen LogP contribution in [0.2, 0.25) is 0 Å². The SMILES string of the molecule is CCO[C@H]1CC[C@H]2[C@H]1OCCN2Cc1ccc2ccccc2n1.O=C(O)C(F)(F)F. The van der Waals surface area contributed by atoms with Gasteiger partial charge in [0.25, 0.3) is 0 Å². The van der Waals surface area contributed by atoms with Crippen molar-refractivity contribution < 1.29 is 32.5 Å². The van der Waals surface area contributed by atoms with Crippen molar-refractivity contribution >= 4 is 16.9 Å². The molecule has 2 aromatic rings. The normalized spacial score (nSPS) is 24.2. The molecule has 1 aliphatic carbocycles. The van der Waals surface area contributed by atoms with Crippen LogP contribution in [0.3, 0.4) is 0 Å². The maximum atomic E-state index is 10.6. The van der Waals surface area contributed by atoms with Gasteiger partial charge in [0.1, 0.15) is 0 Å². The highest BCUT2D eigenvalue weighted by Crippen LogP contribution is 2.33. The Labute approximate surface area is 172 Å². The lowest BCUT2D eigenvalue weighted by Crippen LogP contribution is -2.51. The van der Waals surface area contributed by atoms with Crippen LogP contribution in [0.1, 0.15) is 25.5 Å². The summed E-state index contributed by atoms with van der Waals surface area (Å²) in [5.74, 6) is -2.76. The molecule has 0 amide bonds. The van der Waals surface area contributed by atoms with Crippen molar-refractivity contribution in [3.63, 3.8) is 0 Å². The Morgan fingerprint density at radius 3 is 2.70 bits per heavy atom. The molecule has 3 atom stereocenters. The van der Waals surface area contributed by atoms with E-state index < -0.39 is 12.1 Å². The highest BCUT2D eigenvalue weighted by Gasteiger charge is 2.43. The van der Waals surface area contributed by atoms with Crippen molar-refractivity contribution in [3.05, 3.63) is 42.1 Å². The zero-order chi connectivity index (χ0) is 21.7. The molecule has 0 spiro atoms. The molecule has 0 bridgehead atoms. The van der Waals surface area contributed by atoms with Crippen LogP contribution in [0.15, 0.2) is 36.4 Å². The summed E-state index contributed by atoms with van der Waals surface area (Å²) < 4.78 is 43.6. The fraction of sp³-hybridized carbons (Fsp3) is 0.524. The third kappa shape index (κ3) is 5.47. The van der Waals surface area contributed by atoms with Crippen LogP contribution in [-0.2, 0) is 20.8 Å². The van der Waals surface area contributed by atoms with Crippen molar-refractivity contribution in [1.29, 1.82) is 0 Å². The van der Waals surface area contributed by atoms with Gasteiger partial charge in [-0.3, -0.25) is 9.88 Å². The maximum absolute atomic E-state index is 10.6. The number of nitrogens with zero attached hydrogens (tertiary/aromatic N) is 2. The zero-order valence-electron chi connectivity index (χ0n) is 16.6. The number of carbonyl (C=O) groups is 1. The number of carboxylic acids is 1. The van der Waals surface area contributed by atoms with Gasteiger partial charge in [-0.1, -0.05) is 24.3 Å². The van der Waals surface area contributed by atoms with Crippen LogP contribution in [0.5, 0.6) is 0 Å². The number of ether oxygens (including phenoxy) is 2. The first kappa shape index (κ1) is 22.5. The summed E-state index contributed by atoms with van der Waals surface area (Å²) in [6.45, 7) is 5.50. The molecule has 30 heavy (non-hydrogen) atoms. The Hall–Kier alpha value is -2.23. The van der Waals surface area contributed by atoms with Crippen LogP contribution < -0.4 is 0 Å². The van der Waals surface area contributed by atoms with E-state index in [2.05, 4.69) is 42.2 Å². The number of aliphatic carboxylic acids is 1. The second-order valence-electron chi connectivity index (χ2n) is 7.24. The quantitative estimate of drug-likeness (QED) is 0.805. The summed E-state index contributed by atoms with van der Waals surface area (Å²) in [7, 11) is 0. The molecule has 1 saturated carbocycles. The van der Waals surface area contributed by atoms with Crippen LogP contribution in [-0.4, -0.2) is 65.1 Å². The summed E-state index contributed by atoms with van der Waals surface area (Å²) in [5.41, 5.74) is 2.22. The van der Waals surface area contributed by atoms with Crippen molar-refractivity contribution in [2.75, 3.05) is 19.8 Å². The van der Waals surface area contributed by atoms with Crippen molar-refractivity contribution in [2.24, 2.45) is 0 Å². The molecule has 1 saturated heterocycles. The molecule has 6 nitrogen and oxygen atoms in total. The van der Waals surface area contributed by atoms with Gasteiger partial charge >= 0.3 is 12.1 Å². The van der Waals surface area contributed by atoms with Crippen molar-refractivity contribution in [1.82, 2.24) is 9.88 Å². The van der Waals surface area contributed by atoms with Crippen molar-refractivity contribution in [2.45, 2.75) is 50.7 Å². The lowest BCUT2D eigenvalue weighted by atomic mass is 10.1. The topological polar surface area (TPSA) is 71.9 Å². The zero-order valence-corrected chi connectivity index (χ0v) is 16.6. The first-order valence-corrected chi connectivity index (χ1v) is 9.91. The van der Waals surface area contributed by atoms with Gasteiger partial charge in [0.15, 0.2) is 0 Å². The molecule has 2 heterocycles. The molecule has 1 N–H and O–H groups in total. The Morgan fingerprint density at radius 1 is 1.27 bits per heavy atom. The predicted molar refractivity (Wildman–Crippen MR) is 104 cm³/mol. The molecule has 9 heteroatoms. The van der Waals surface area contributed by atoms with Crippen molar-refractivity contribution in [3.8, 4) is 0 Å². The molecular formula is C21H25F3N2O4.